The number of rotatable bonds is 4. The van der Waals surface area contributed by atoms with Gasteiger partial charge in [0.15, 0.2) is 5.78 Å². The molecule has 21 heavy (non-hydrogen) atoms. The van der Waals surface area contributed by atoms with Gasteiger partial charge in [-0.3, -0.25) is 4.79 Å². The van der Waals surface area contributed by atoms with Gasteiger partial charge in [0.2, 0.25) is 0 Å². The molecule has 0 unspecified atom stereocenters. The van der Waals surface area contributed by atoms with Gasteiger partial charge in [0.25, 0.3) is 0 Å². The molecular weight excluding hydrogens is 269 g/mol. The largest absolute Gasteiger partial charge is 0.396 e. The highest BCUT2D eigenvalue weighted by atomic mass is 19.1. The fourth-order valence-corrected chi connectivity index (χ4v) is 2.15. The summed E-state index contributed by atoms with van der Waals surface area (Å²) in [5.41, 5.74) is 8.18. The summed E-state index contributed by atoms with van der Waals surface area (Å²) in [6, 6.07) is 11.6. The van der Waals surface area contributed by atoms with Crippen LogP contribution in [0.4, 0.5) is 10.1 Å². The van der Waals surface area contributed by atoms with Crippen molar-refractivity contribution >= 4 is 17.2 Å². The second kappa shape index (κ2) is 6.17. The lowest BCUT2D eigenvalue weighted by Crippen LogP contribution is -2.13. The fourth-order valence-electron chi connectivity index (χ4n) is 2.15. The van der Waals surface area contributed by atoms with E-state index in [-0.39, 0.29) is 11.5 Å². The molecule has 5 heteroatoms. The molecule has 0 fully saturated rings. The van der Waals surface area contributed by atoms with Crippen LogP contribution in [0.25, 0.3) is 0 Å². The van der Waals surface area contributed by atoms with Crippen molar-refractivity contribution in [3.63, 3.8) is 0 Å². The molecule has 0 amide bonds. The maximum Gasteiger partial charge on any atom is 0.160 e. The van der Waals surface area contributed by atoms with Gasteiger partial charge in [-0.05, 0) is 24.6 Å². The average Bonchev–Trinajstić information content (AvgIpc) is 2.48. The quantitative estimate of drug-likeness (QED) is 0.298. The Bertz CT molecular complexity index is 710. The number of nitrogens with zero attached hydrogens (tertiary/aromatic N) is 1. The standard InChI is InChI=1S/C16H16FN3O/c1-10(21)12-4-2-3-5-13(12)16(20-19)9-11-6-7-14(17)15(18)8-11/h2-8H,9,18-19H2,1H3/b20-16-. The number of anilines is 1. The predicted molar refractivity (Wildman–Crippen MR) is 81.7 cm³/mol. The SMILES string of the molecule is CC(=O)c1ccccc1/C(Cc1ccc(F)c(N)c1)=N\N. The number of hydrogen-bond acceptors (Lipinski definition) is 4. The maximum absolute atomic E-state index is 13.2. The van der Waals surface area contributed by atoms with E-state index in [1.54, 1.807) is 24.3 Å². The minimum Gasteiger partial charge on any atom is -0.396 e. The maximum atomic E-state index is 13.2. The first-order valence-electron chi connectivity index (χ1n) is 6.44. The molecule has 0 bridgehead atoms. The molecule has 2 aromatic carbocycles. The van der Waals surface area contributed by atoms with Crippen LogP contribution in [0.5, 0.6) is 0 Å². The van der Waals surface area contributed by atoms with E-state index in [9.17, 15) is 9.18 Å². The Morgan fingerprint density at radius 1 is 1.19 bits per heavy atom. The normalized spacial score (nSPS) is 11.4. The third-order valence-corrected chi connectivity index (χ3v) is 3.21. The van der Waals surface area contributed by atoms with E-state index >= 15 is 0 Å². The van der Waals surface area contributed by atoms with Gasteiger partial charge < -0.3 is 11.6 Å². The first-order chi connectivity index (χ1) is 10.0. The molecule has 2 aromatic rings. The number of benzene rings is 2. The Morgan fingerprint density at radius 2 is 1.86 bits per heavy atom. The molecule has 0 aliphatic carbocycles. The van der Waals surface area contributed by atoms with Crippen LogP contribution in [-0.2, 0) is 6.42 Å². The zero-order chi connectivity index (χ0) is 15.4. The second-order valence-electron chi connectivity index (χ2n) is 4.71. The number of Topliss-reactive ketones (excluding diaryl/α,β-unsaturated/α-hetero) is 1. The lowest BCUT2D eigenvalue weighted by Gasteiger charge is -2.10. The number of carbonyl (C=O) groups excluding carboxylic acids is 1. The van der Waals surface area contributed by atoms with Gasteiger partial charge in [0.05, 0.1) is 11.4 Å². The number of ketones is 1. The van der Waals surface area contributed by atoms with E-state index in [2.05, 4.69) is 5.10 Å². The second-order valence-corrected chi connectivity index (χ2v) is 4.71. The smallest absolute Gasteiger partial charge is 0.160 e. The zero-order valence-corrected chi connectivity index (χ0v) is 11.6. The van der Waals surface area contributed by atoms with Crippen molar-refractivity contribution in [1.29, 1.82) is 0 Å². The summed E-state index contributed by atoms with van der Waals surface area (Å²) in [7, 11) is 0. The molecule has 0 saturated carbocycles. The molecule has 0 heterocycles. The third-order valence-electron chi connectivity index (χ3n) is 3.21. The molecule has 0 saturated heterocycles. The molecule has 4 nitrogen and oxygen atoms in total. The van der Waals surface area contributed by atoms with Gasteiger partial charge in [0.1, 0.15) is 5.82 Å². The van der Waals surface area contributed by atoms with Crippen LogP contribution < -0.4 is 11.6 Å². The monoisotopic (exact) mass is 285 g/mol. The Morgan fingerprint density at radius 3 is 2.43 bits per heavy atom. The van der Waals surface area contributed by atoms with E-state index in [1.165, 1.54) is 19.1 Å². The predicted octanol–water partition coefficient (Wildman–Crippen LogP) is 2.52. The van der Waals surface area contributed by atoms with Crippen LogP contribution in [-0.4, -0.2) is 11.5 Å². The Labute approximate surface area is 122 Å². The van der Waals surface area contributed by atoms with Crippen LogP contribution in [0.15, 0.2) is 47.6 Å². The van der Waals surface area contributed by atoms with Crippen molar-refractivity contribution in [3.8, 4) is 0 Å². The van der Waals surface area contributed by atoms with E-state index in [4.69, 9.17) is 11.6 Å². The summed E-state index contributed by atoms with van der Waals surface area (Å²) in [5.74, 6) is 4.93. The minimum atomic E-state index is -0.464. The van der Waals surface area contributed by atoms with Crippen LogP contribution >= 0.6 is 0 Å². The van der Waals surface area contributed by atoms with E-state index in [1.807, 2.05) is 6.07 Å². The van der Waals surface area contributed by atoms with Gasteiger partial charge in [-0.15, -0.1) is 0 Å². The Kier molecular flexibility index (Phi) is 4.33. The highest BCUT2D eigenvalue weighted by molar-refractivity contribution is 6.10. The van der Waals surface area contributed by atoms with Crippen LogP contribution in [0.3, 0.4) is 0 Å². The topological polar surface area (TPSA) is 81.5 Å². The summed E-state index contributed by atoms with van der Waals surface area (Å²) >= 11 is 0. The zero-order valence-electron chi connectivity index (χ0n) is 11.6. The lowest BCUT2D eigenvalue weighted by molar-refractivity contribution is 0.101. The lowest BCUT2D eigenvalue weighted by atomic mass is 9.96. The minimum absolute atomic E-state index is 0.0645. The molecule has 0 aromatic heterocycles. The van der Waals surface area contributed by atoms with Crippen LogP contribution in [0.2, 0.25) is 0 Å². The average molecular weight is 285 g/mol. The van der Waals surface area contributed by atoms with Crippen LogP contribution in [0.1, 0.15) is 28.4 Å². The Hall–Kier alpha value is -2.69. The molecule has 0 spiro atoms. The highest BCUT2D eigenvalue weighted by Gasteiger charge is 2.13. The van der Waals surface area contributed by atoms with E-state index < -0.39 is 5.82 Å². The molecule has 0 aliphatic heterocycles. The van der Waals surface area contributed by atoms with Crippen molar-refractivity contribution in [1.82, 2.24) is 0 Å². The van der Waals surface area contributed by atoms with Gasteiger partial charge in [-0.2, -0.15) is 5.10 Å². The molecule has 0 radical (unpaired) electrons. The summed E-state index contributed by atoms with van der Waals surface area (Å²) in [4.78, 5) is 11.7. The summed E-state index contributed by atoms with van der Waals surface area (Å²) in [6.45, 7) is 1.49. The van der Waals surface area contributed by atoms with Gasteiger partial charge in [-0.25, -0.2) is 4.39 Å². The molecule has 108 valence electrons. The van der Waals surface area contributed by atoms with Crippen molar-refractivity contribution in [2.24, 2.45) is 10.9 Å². The van der Waals surface area contributed by atoms with Gasteiger partial charge in [-0.1, -0.05) is 30.3 Å². The fraction of sp³-hybridized carbons (Fsp3) is 0.125. The summed E-state index contributed by atoms with van der Waals surface area (Å²) in [5, 5.41) is 3.78. The molecule has 0 atom stereocenters. The van der Waals surface area contributed by atoms with Crippen molar-refractivity contribution in [3.05, 3.63) is 65.0 Å². The number of hydrazone groups is 1. The number of carbonyl (C=O) groups is 1. The summed E-state index contributed by atoms with van der Waals surface area (Å²) < 4.78 is 13.2. The van der Waals surface area contributed by atoms with Crippen molar-refractivity contribution in [2.45, 2.75) is 13.3 Å². The Balaban J connectivity index is 2.37. The number of halogens is 1. The van der Waals surface area contributed by atoms with Crippen molar-refractivity contribution < 1.29 is 9.18 Å². The van der Waals surface area contributed by atoms with E-state index in [0.717, 1.165) is 5.56 Å². The molecule has 0 aliphatic rings. The highest BCUT2D eigenvalue weighted by Crippen LogP contribution is 2.17. The summed E-state index contributed by atoms with van der Waals surface area (Å²) in [6.07, 6.45) is 0.366. The van der Waals surface area contributed by atoms with Gasteiger partial charge >= 0.3 is 0 Å². The van der Waals surface area contributed by atoms with Crippen LogP contribution in [0, 0.1) is 5.82 Å². The first kappa shape index (κ1) is 14.7. The number of hydrogen-bond donors (Lipinski definition) is 2. The molecule has 2 rings (SSSR count). The molecule has 4 N–H and O–H groups in total. The van der Waals surface area contributed by atoms with Crippen molar-refractivity contribution in [2.75, 3.05) is 5.73 Å². The number of nitrogens with two attached hydrogens (primary N) is 2. The molecular formula is C16H16FN3O. The first-order valence-corrected chi connectivity index (χ1v) is 6.44. The number of nitrogen functional groups attached to an aromatic ring is 1. The third kappa shape index (κ3) is 3.25. The van der Waals surface area contributed by atoms with Gasteiger partial charge in [0, 0.05) is 17.5 Å². The van der Waals surface area contributed by atoms with E-state index in [0.29, 0.717) is 23.3 Å².